The minimum Gasteiger partial charge on any atom is -0.338 e. The predicted molar refractivity (Wildman–Crippen MR) is 106 cm³/mol. The predicted octanol–water partition coefficient (Wildman–Crippen LogP) is 2.58. The average molecular weight is 419 g/mol. The Morgan fingerprint density at radius 2 is 1.63 bits per heavy atom. The summed E-state index contributed by atoms with van der Waals surface area (Å²) >= 11 is 0. The highest BCUT2D eigenvalue weighted by molar-refractivity contribution is 5.84. The maximum atomic E-state index is 14.2. The Bertz CT molecular complexity index is 856. The van der Waals surface area contributed by atoms with Crippen molar-refractivity contribution in [1.82, 2.24) is 19.8 Å². The number of hydrogen-bond donors (Lipinski definition) is 0. The molecule has 30 heavy (non-hydrogen) atoms. The summed E-state index contributed by atoms with van der Waals surface area (Å²) in [5.74, 6) is -0.274. The molecule has 2 aliphatic heterocycles. The van der Waals surface area contributed by atoms with E-state index in [1.54, 1.807) is 23.4 Å². The normalized spacial score (nSPS) is 23.0. The third-order valence-corrected chi connectivity index (χ3v) is 5.95. The van der Waals surface area contributed by atoms with E-state index in [1.165, 1.54) is 4.90 Å². The molecule has 0 radical (unpaired) electrons. The first-order valence-corrected chi connectivity index (χ1v) is 10.0. The number of aromatic nitrogens is 2. The number of halogens is 3. The van der Waals surface area contributed by atoms with Crippen LogP contribution in [-0.2, 0) is 11.3 Å². The molecular weight excluding hydrogens is 395 g/mol. The number of carbonyl (C=O) groups excluding carboxylic acids is 1. The lowest BCUT2D eigenvalue weighted by Gasteiger charge is -2.40. The number of likely N-dealkylation sites (tertiary alicyclic amines) is 1. The molecule has 2 aliphatic rings. The van der Waals surface area contributed by atoms with Crippen molar-refractivity contribution in [2.24, 2.45) is 5.41 Å². The van der Waals surface area contributed by atoms with Gasteiger partial charge >= 0.3 is 6.18 Å². The molecule has 1 unspecified atom stereocenters. The van der Waals surface area contributed by atoms with E-state index in [0.29, 0.717) is 25.6 Å². The molecule has 9 heteroatoms. The third kappa shape index (κ3) is 3.98. The summed E-state index contributed by atoms with van der Waals surface area (Å²) in [7, 11) is 0. The van der Waals surface area contributed by atoms with Crippen LogP contribution in [0.1, 0.15) is 12.0 Å². The number of benzene rings is 1. The van der Waals surface area contributed by atoms with Crippen LogP contribution < -0.4 is 4.90 Å². The molecule has 2 saturated heterocycles. The van der Waals surface area contributed by atoms with Crippen LogP contribution in [0.25, 0.3) is 0 Å². The smallest absolute Gasteiger partial charge is 0.338 e. The highest BCUT2D eigenvalue weighted by atomic mass is 19.4. The molecule has 0 bridgehead atoms. The van der Waals surface area contributed by atoms with Crippen molar-refractivity contribution in [1.29, 1.82) is 0 Å². The first-order valence-electron chi connectivity index (χ1n) is 10.0. The van der Waals surface area contributed by atoms with Crippen LogP contribution in [0.3, 0.4) is 0 Å². The summed E-state index contributed by atoms with van der Waals surface area (Å²) < 4.78 is 42.5. The first kappa shape index (κ1) is 20.6. The Hall–Kier alpha value is -2.68. The van der Waals surface area contributed by atoms with Crippen LogP contribution in [0, 0.1) is 5.41 Å². The van der Waals surface area contributed by atoms with Gasteiger partial charge in [0.25, 0.3) is 0 Å². The van der Waals surface area contributed by atoms with Crippen molar-refractivity contribution in [3.63, 3.8) is 0 Å². The molecular formula is C21H24F3N5O. The van der Waals surface area contributed by atoms with Crippen LogP contribution in [0.4, 0.5) is 19.1 Å². The van der Waals surface area contributed by atoms with E-state index in [9.17, 15) is 18.0 Å². The van der Waals surface area contributed by atoms with Gasteiger partial charge in [-0.2, -0.15) is 13.2 Å². The molecule has 2 aromatic rings. The Morgan fingerprint density at radius 3 is 2.27 bits per heavy atom. The number of rotatable bonds is 4. The Labute approximate surface area is 173 Å². The monoisotopic (exact) mass is 419 g/mol. The largest absolute Gasteiger partial charge is 0.404 e. The summed E-state index contributed by atoms with van der Waals surface area (Å²) in [6, 6.07) is 11.1. The van der Waals surface area contributed by atoms with Crippen molar-refractivity contribution in [3.05, 3.63) is 54.4 Å². The number of nitrogens with zero attached hydrogens (tertiary/aromatic N) is 5. The van der Waals surface area contributed by atoms with Crippen LogP contribution >= 0.6 is 0 Å². The summed E-state index contributed by atoms with van der Waals surface area (Å²) in [5, 5.41) is 0. The van der Waals surface area contributed by atoms with E-state index < -0.39 is 17.5 Å². The Kier molecular flexibility index (Phi) is 5.64. The van der Waals surface area contributed by atoms with Crippen molar-refractivity contribution < 1.29 is 18.0 Å². The molecule has 0 saturated carbocycles. The van der Waals surface area contributed by atoms with Gasteiger partial charge < -0.3 is 9.80 Å². The number of alkyl halides is 3. The molecule has 1 aromatic carbocycles. The summed E-state index contributed by atoms with van der Waals surface area (Å²) in [4.78, 5) is 26.5. The maximum absolute atomic E-state index is 14.2. The second-order valence-corrected chi connectivity index (χ2v) is 7.85. The number of anilines is 1. The van der Waals surface area contributed by atoms with Crippen molar-refractivity contribution in [3.8, 4) is 0 Å². The lowest BCUT2D eigenvalue weighted by Crippen LogP contribution is -2.58. The van der Waals surface area contributed by atoms with Gasteiger partial charge in [-0.1, -0.05) is 30.3 Å². The van der Waals surface area contributed by atoms with E-state index in [4.69, 9.17) is 0 Å². The molecule has 6 nitrogen and oxygen atoms in total. The molecule has 4 rings (SSSR count). The number of hydrogen-bond acceptors (Lipinski definition) is 5. The lowest BCUT2D eigenvalue weighted by molar-refractivity contribution is -0.223. The average Bonchev–Trinajstić information content (AvgIpc) is 3.20. The summed E-state index contributed by atoms with van der Waals surface area (Å²) in [6.07, 6.45) is -1.55. The Balaban J connectivity index is 1.45. The van der Waals surface area contributed by atoms with Crippen molar-refractivity contribution >= 4 is 11.9 Å². The van der Waals surface area contributed by atoms with Gasteiger partial charge in [0, 0.05) is 51.7 Å². The highest BCUT2D eigenvalue weighted by Crippen LogP contribution is 2.47. The van der Waals surface area contributed by atoms with E-state index in [2.05, 4.69) is 9.97 Å². The molecule has 1 amide bonds. The minimum atomic E-state index is -4.59. The SMILES string of the molecule is O=C(N1CCN(c2ncccn2)CC1)C1(C(F)(F)F)CCN(Cc2ccccc2)C1. The Morgan fingerprint density at radius 1 is 0.967 bits per heavy atom. The minimum absolute atomic E-state index is 0.204. The molecule has 1 aromatic heterocycles. The van der Waals surface area contributed by atoms with Crippen LogP contribution in [0.15, 0.2) is 48.8 Å². The second kappa shape index (κ2) is 8.22. The lowest BCUT2D eigenvalue weighted by atomic mass is 9.84. The fourth-order valence-corrected chi connectivity index (χ4v) is 4.26. The zero-order chi connectivity index (χ0) is 21.2. The molecule has 0 aliphatic carbocycles. The molecule has 2 fully saturated rings. The van der Waals surface area contributed by atoms with Crippen LogP contribution in [0.5, 0.6) is 0 Å². The van der Waals surface area contributed by atoms with Crippen molar-refractivity contribution in [2.45, 2.75) is 19.1 Å². The van der Waals surface area contributed by atoms with Gasteiger partial charge in [0.2, 0.25) is 11.9 Å². The fourth-order valence-electron chi connectivity index (χ4n) is 4.26. The highest BCUT2D eigenvalue weighted by Gasteiger charge is 2.64. The van der Waals surface area contributed by atoms with Crippen molar-refractivity contribution in [2.75, 3.05) is 44.2 Å². The topological polar surface area (TPSA) is 52.6 Å². The zero-order valence-corrected chi connectivity index (χ0v) is 16.6. The van der Waals surface area contributed by atoms with Gasteiger partial charge in [-0.15, -0.1) is 0 Å². The molecule has 0 N–H and O–H groups in total. The van der Waals surface area contributed by atoms with E-state index >= 15 is 0 Å². The van der Waals surface area contributed by atoms with E-state index in [1.807, 2.05) is 35.2 Å². The molecule has 1 atom stereocenters. The number of amides is 1. The van der Waals surface area contributed by atoms with Gasteiger partial charge in [-0.25, -0.2) is 9.97 Å². The zero-order valence-electron chi connectivity index (χ0n) is 16.6. The van der Waals surface area contributed by atoms with Gasteiger partial charge in [0.1, 0.15) is 0 Å². The van der Waals surface area contributed by atoms with Gasteiger partial charge in [0.15, 0.2) is 5.41 Å². The molecule has 160 valence electrons. The standard InChI is InChI=1S/C21H24F3N5O/c22-21(23,24)20(7-10-27(16-20)15-17-5-2-1-3-6-17)18(30)28-11-13-29(14-12-28)19-25-8-4-9-26-19/h1-6,8-9H,7,10-16H2. The quantitative estimate of drug-likeness (QED) is 0.763. The third-order valence-electron chi connectivity index (χ3n) is 5.95. The summed E-state index contributed by atoms with van der Waals surface area (Å²) in [5.41, 5.74) is -1.40. The van der Waals surface area contributed by atoms with Gasteiger partial charge in [0.05, 0.1) is 0 Å². The number of piperazine rings is 1. The molecule has 0 spiro atoms. The van der Waals surface area contributed by atoms with Crippen LogP contribution in [-0.4, -0.2) is 71.1 Å². The number of carbonyl (C=O) groups is 1. The van der Waals surface area contributed by atoms with Crippen LogP contribution in [0.2, 0.25) is 0 Å². The fraction of sp³-hybridized carbons (Fsp3) is 0.476. The van der Waals surface area contributed by atoms with Gasteiger partial charge in [-0.3, -0.25) is 9.69 Å². The van der Waals surface area contributed by atoms with Gasteiger partial charge in [-0.05, 0) is 24.6 Å². The van der Waals surface area contributed by atoms with E-state index in [0.717, 1.165) is 5.56 Å². The first-order chi connectivity index (χ1) is 14.4. The maximum Gasteiger partial charge on any atom is 0.404 e. The molecule has 3 heterocycles. The second-order valence-electron chi connectivity index (χ2n) is 7.85. The summed E-state index contributed by atoms with van der Waals surface area (Å²) in [6.45, 7) is 1.64. The van der Waals surface area contributed by atoms with E-state index in [-0.39, 0.29) is 32.6 Å².